The van der Waals surface area contributed by atoms with E-state index < -0.39 is 12.0 Å². The molecule has 12 heavy (non-hydrogen) atoms. The first-order valence-electron chi connectivity index (χ1n) is 3.55. The number of carbonyl (C=O) groups excluding carboxylic acids is 2. The van der Waals surface area contributed by atoms with Gasteiger partial charge in [-0.1, -0.05) is 0 Å². The van der Waals surface area contributed by atoms with Crippen LogP contribution in [0.25, 0.3) is 0 Å². The zero-order valence-electron chi connectivity index (χ0n) is 6.66. The lowest BCUT2D eigenvalue weighted by Gasteiger charge is -1.94. The van der Waals surface area contributed by atoms with Gasteiger partial charge in [0.05, 0.1) is 5.57 Å². The molecule has 0 bridgehead atoms. The average Bonchev–Trinajstić information content (AvgIpc) is 2.26. The summed E-state index contributed by atoms with van der Waals surface area (Å²) in [5, 5.41) is 2.21. The predicted octanol–water partition coefficient (Wildman–Crippen LogP) is -0.126. The number of carbonyl (C=O) groups is 2. The molecule has 1 aliphatic heterocycles. The Labute approximate surface area is 69.6 Å². The van der Waals surface area contributed by atoms with Crippen LogP contribution in [-0.4, -0.2) is 18.1 Å². The lowest BCUT2D eigenvalue weighted by atomic mass is 10.2. The minimum absolute atomic E-state index is 0.113. The first-order chi connectivity index (χ1) is 5.59. The summed E-state index contributed by atoms with van der Waals surface area (Å²) in [5.41, 5.74) is 5.25. The van der Waals surface area contributed by atoms with E-state index in [1.165, 1.54) is 6.20 Å². The monoisotopic (exact) mass is 170 g/mol. The maximum atomic E-state index is 10.9. The van der Waals surface area contributed by atoms with Crippen LogP contribution in [0.1, 0.15) is 13.3 Å². The highest BCUT2D eigenvalue weighted by Crippen LogP contribution is 2.18. The Kier molecular flexibility index (Phi) is 2.32. The van der Waals surface area contributed by atoms with Crippen LogP contribution in [0, 0.1) is 0 Å². The second kappa shape index (κ2) is 3.25. The van der Waals surface area contributed by atoms with Crippen molar-refractivity contribution in [1.29, 1.82) is 0 Å². The van der Waals surface area contributed by atoms with Gasteiger partial charge in [0.1, 0.15) is 6.10 Å². The van der Waals surface area contributed by atoms with Crippen LogP contribution in [-0.2, 0) is 9.53 Å². The number of urea groups is 1. The fraction of sp³-hybridized carbons (Fsp3) is 0.429. The van der Waals surface area contributed by atoms with Crippen molar-refractivity contribution in [1.82, 2.24) is 5.32 Å². The molecule has 0 aromatic carbocycles. The van der Waals surface area contributed by atoms with Gasteiger partial charge in [-0.3, -0.25) is 0 Å². The number of nitrogens with two attached hydrogens (primary N) is 1. The van der Waals surface area contributed by atoms with Crippen LogP contribution in [0.3, 0.4) is 0 Å². The highest BCUT2D eigenvalue weighted by atomic mass is 16.5. The van der Waals surface area contributed by atoms with Gasteiger partial charge in [0.2, 0.25) is 0 Å². The molecule has 0 aromatic heterocycles. The van der Waals surface area contributed by atoms with Gasteiger partial charge in [0.25, 0.3) is 0 Å². The van der Waals surface area contributed by atoms with Crippen LogP contribution >= 0.6 is 0 Å². The molecule has 1 saturated heterocycles. The second-order valence-electron chi connectivity index (χ2n) is 2.60. The van der Waals surface area contributed by atoms with Crippen LogP contribution in [0.2, 0.25) is 0 Å². The molecule has 1 aliphatic rings. The Morgan fingerprint density at radius 1 is 1.83 bits per heavy atom. The van der Waals surface area contributed by atoms with Crippen molar-refractivity contribution in [3.8, 4) is 0 Å². The molecule has 3 N–H and O–H groups in total. The van der Waals surface area contributed by atoms with E-state index in [9.17, 15) is 9.59 Å². The third-order valence-corrected chi connectivity index (χ3v) is 1.47. The topological polar surface area (TPSA) is 81.4 Å². The Morgan fingerprint density at radius 2 is 2.50 bits per heavy atom. The van der Waals surface area contributed by atoms with Crippen molar-refractivity contribution in [2.45, 2.75) is 19.4 Å². The average molecular weight is 170 g/mol. The number of hydrogen-bond donors (Lipinski definition) is 2. The number of nitrogens with one attached hydrogen (secondary N) is 1. The first kappa shape index (κ1) is 8.58. The summed E-state index contributed by atoms with van der Waals surface area (Å²) >= 11 is 0. The summed E-state index contributed by atoms with van der Waals surface area (Å²) in [6, 6.07) is -0.685. The molecule has 66 valence electrons. The van der Waals surface area contributed by atoms with Crippen molar-refractivity contribution in [2.24, 2.45) is 5.73 Å². The zero-order chi connectivity index (χ0) is 9.14. The number of rotatable bonds is 1. The number of cyclic esters (lactones) is 1. The van der Waals surface area contributed by atoms with Crippen LogP contribution < -0.4 is 11.1 Å². The van der Waals surface area contributed by atoms with E-state index in [2.05, 4.69) is 5.32 Å². The molecule has 1 fully saturated rings. The predicted molar refractivity (Wildman–Crippen MR) is 41.0 cm³/mol. The summed E-state index contributed by atoms with van der Waals surface area (Å²) in [6.07, 6.45) is 1.69. The quantitative estimate of drug-likeness (QED) is 0.425. The van der Waals surface area contributed by atoms with Gasteiger partial charge >= 0.3 is 12.0 Å². The molecular formula is C7H10N2O3. The minimum atomic E-state index is -0.685. The van der Waals surface area contributed by atoms with E-state index in [1.807, 2.05) is 0 Å². The van der Waals surface area contributed by atoms with Gasteiger partial charge in [0, 0.05) is 12.6 Å². The van der Waals surface area contributed by atoms with Gasteiger partial charge in [0.15, 0.2) is 0 Å². The van der Waals surface area contributed by atoms with Crippen molar-refractivity contribution in [3.05, 3.63) is 11.8 Å². The van der Waals surface area contributed by atoms with Crippen molar-refractivity contribution in [3.63, 3.8) is 0 Å². The van der Waals surface area contributed by atoms with Crippen LogP contribution in [0.5, 0.6) is 0 Å². The third-order valence-electron chi connectivity index (χ3n) is 1.47. The number of primary amides is 1. The number of hydrogen-bond acceptors (Lipinski definition) is 3. The summed E-state index contributed by atoms with van der Waals surface area (Å²) in [4.78, 5) is 21.2. The van der Waals surface area contributed by atoms with Gasteiger partial charge < -0.3 is 15.8 Å². The Morgan fingerprint density at radius 3 is 2.92 bits per heavy atom. The molecule has 1 atom stereocenters. The fourth-order valence-electron chi connectivity index (χ4n) is 0.969. The molecule has 5 heteroatoms. The van der Waals surface area contributed by atoms with E-state index in [4.69, 9.17) is 10.5 Å². The van der Waals surface area contributed by atoms with E-state index >= 15 is 0 Å². The lowest BCUT2D eigenvalue weighted by Crippen LogP contribution is -2.25. The highest BCUT2D eigenvalue weighted by Gasteiger charge is 2.25. The van der Waals surface area contributed by atoms with E-state index in [1.54, 1.807) is 6.92 Å². The van der Waals surface area contributed by atoms with Crippen molar-refractivity contribution in [2.75, 3.05) is 0 Å². The smallest absolute Gasteiger partial charge is 0.335 e. The number of esters is 1. The number of amides is 2. The summed E-state index contributed by atoms with van der Waals surface area (Å²) < 4.78 is 4.81. The molecule has 1 heterocycles. The standard InChI is InChI=1S/C7H10N2O3/c1-4-2-5(6(10)12-4)3-9-7(8)11/h3-4H,2H2,1H3,(H3,8,9,11)/b5-3-. The van der Waals surface area contributed by atoms with Gasteiger partial charge in [-0.05, 0) is 6.92 Å². The molecule has 0 saturated carbocycles. The first-order valence-corrected chi connectivity index (χ1v) is 3.55. The van der Waals surface area contributed by atoms with Gasteiger partial charge in [-0.25, -0.2) is 9.59 Å². The summed E-state index contributed by atoms with van der Waals surface area (Å²) in [6.45, 7) is 1.78. The molecule has 0 aromatic rings. The largest absolute Gasteiger partial charge is 0.459 e. The Bertz CT molecular complexity index is 247. The number of ether oxygens (including phenoxy) is 1. The van der Waals surface area contributed by atoms with Crippen LogP contribution in [0.15, 0.2) is 11.8 Å². The maximum absolute atomic E-state index is 10.9. The Balaban J connectivity index is 2.57. The molecule has 0 radical (unpaired) electrons. The van der Waals surface area contributed by atoms with Crippen molar-refractivity contribution < 1.29 is 14.3 Å². The molecule has 2 amide bonds. The maximum Gasteiger partial charge on any atom is 0.335 e. The molecule has 1 rings (SSSR count). The molecule has 1 unspecified atom stereocenters. The Hall–Kier alpha value is -1.52. The molecule has 5 nitrogen and oxygen atoms in total. The van der Waals surface area contributed by atoms with E-state index in [0.29, 0.717) is 12.0 Å². The molecule has 0 aliphatic carbocycles. The highest BCUT2D eigenvalue weighted by molar-refractivity contribution is 5.91. The third kappa shape index (κ3) is 1.98. The molecule has 0 spiro atoms. The fourth-order valence-corrected chi connectivity index (χ4v) is 0.969. The zero-order valence-corrected chi connectivity index (χ0v) is 6.66. The van der Waals surface area contributed by atoms with E-state index in [0.717, 1.165) is 0 Å². The van der Waals surface area contributed by atoms with Crippen molar-refractivity contribution >= 4 is 12.0 Å². The molecular weight excluding hydrogens is 160 g/mol. The lowest BCUT2D eigenvalue weighted by molar-refractivity contribution is -0.138. The normalized spacial score (nSPS) is 25.6. The van der Waals surface area contributed by atoms with Gasteiger partial charge in [-0.2, -0.15) is 0 Å². The van der Waals surface area contributed by atoms with E-state index in [-0.39, 0.29) is 6.10 Å². The van der Waals surface area contributed by atoms with Gasteiger partial charge in [-0.15, -0.1) is 0 Å². The SMILES string of the molecule is CC1C/C(=C/NC(N)=O)C(=O)O1. The summed E-state index contributed by atoms with van der Waals surface area (Å²) in [5.74, 6) is -0.392. The second-order valence-corrected chi connectivity index (χ2v) is 2.60. The summed E-state index contributed by atoms with van der Waals surface area (Å²) in [7, 11) is 0. The van der Waals surface area contributed by atoms with Crippen LogP contribution in [0.4, 0.5) is 4.79 Å². The minimum Gasteiger partial charge on any atom is -0.459 e.